The van der Waals surface area contributed by atoms with Gasteiger partial charge in [0.25, 0.3) is 9.84 Å². The smallest absolute Gasteiger partial charge is 0.325 e. The summed E-state index contributed by atoms with van der Waals surface area (Å²) < 4.78 is 58.8. The zero-order valence-electron chi connectivity index (χ0n) is 9.23. The summed E-state index contributed by atoms with van der Waals surface area (Å²) in [6.45, 7) is 0. The van der Waals surface area contributed by atoms with E-state index in [0.717, 1.165) is 24.3 Å². The number of rotatable bonds is 3. The number of nitrogens with zero attached hydrogens (tertiary/aromatic N) is 1. The molecule has 102 valence electrons. The Kier molecular flexibility index (Phi) is 4.16. The molecule has 0 aliphatic heterocycles. The minimum Gasteiger partial charge on any atom is -0.325 e. The van der Waals surface area contributed by atoms with Crippen molar-refractivity contribution in [2.24, 2.45) is 0 Å². The number of amides is 1. The minimum atomic E-state index is -5.40. The molecule has 1 amide bonds. The number of nitriles is 1. The molecule has 1 aromatic carbocycles. The maximum Gasteiger partial charge on any atom is 0.501 e. The first-order chi connectivity index (χ1) is 8.68. The molecule has 1 N–H and O–H groups in total. The van der Waals surface area contributed by atoms with E-state index in [9.17, 15) is 26.4 Å². The van der Waals surface area contributed by atoms with Gasteiger partial charge in [0, 0.05) is 5.69 Å². The molecule has 0 atom stereocenters. The molecule has 0 bridgehead atoms. The first-order valence-electron chi connectivity index (χ1n) is 4.76. The summed E-state index contributed by atoms with van der Waals surface area (Å²) in [6.07, 6.45) is -0.414. The van der Waals surface area contributed by atoms with Crippen LogP contribution in [-0.2, 0) is 14.6 Å². The molecule has 19 heavy (non-hydrogen) atoms. The van der Waals surface area contributed by atoms with Crippen LogP contribution in [-0.4, -0.2) is 19.8 Å². The molecule has 0 saturated heterocycles. The summed E-state index contributed by atoms with van der Waals surface area (Å²) in [5, 5.41) is 10.5. The van der Waals surface area contributed by atoms with Crippen LogP contribution in [0.1, 0.15) is 6.42 Å². The maximum absolute atomic E-state index is 12.2. The standard InChI is InChI=1S/C10H7F3N2O3S/c11-10(12,13)19(17,18)8-3-1-7(2-4-8)15-9(16)5-6-14/h1-4H,5H2,(H,15,16). The van der Waals surface area contributed by atoms with Crippen molar-refractivity contribution in [1.29, 1.82) is 5.26 Å². The molecule has 5 nitrogen and oxygen atoms in total. The van der Waals surface area contributed by atoms with E-state index in [4.69, 9.17) is 5.26 Å². The van der Waals surface area contributed by atoms with Crippen LogP contribution in [0.5, 0.6) is 0 Å². The van der Waals surface area contributed by atoms with Crippen molar-refractivity contribution in [3.8, 4) is 6.07 Å². The fraction of sp³-hybridized carbons (Fsp3) is 0.200. The summed E-state index contributed by atoms with van der Waals surface area (Å²) in [6, 6.07) is 5.06. The average molecular weight is 292 g/mol. The van der Waals surface area contributed by atoms with Crippen molar-refractivity contribution in [1.82, 2.24) is 0 Å². The van der Waals surface area contributed by atoms with Gasteiger partial charge in [-0.25, -0.2) is 8.42 Å². The fourth-order valence-electron chi connectivity index (χ4n) is 1.13. The third-order valence-electron chi connectivity index (χ3n) is 1.99. The topological polar surface area (TPSA) is 87.0 Å². The summed E-state index contributed by atoms with van der Waals surface area (Å²) in [5.41, 5.74) is -5.28. The number of benzene rings is 1. The second-order valence-electron chi connectivity index (χ2n) is 3.36. The van der Waals surface area contributed by atoms with E-state index in [2.05, 4.69) is 5.32 Å². The van der Waals surface area contributed by atoms with Gasteiger partial charge in [0.2, 0.25) is 5.91 Å². The second kappa shape index (κ2) is 5.27. The fourth-order valence-corrected chi connectivity index (χ4v) is 1.89. The summed E-state index contributed by atoms with van der Waals surface area (Å²) in [5.74, 6) is -0.645. The lowest BCUT2D eigenvalue weighted by Gasteiger charge is -2.08. The molecule has 0 aliphatic rings. The normalized spacial score (nSPS) is 11.7. The van der Waals surface area contributed by atoms with Gasteiger partial charge in [0.15, 0.2) is 0 Å². The number of nitrogens with one attached hydrogen (secondary N) is 1. The molecule has 9 heteroatoms. The van der Waals surface area contributed by atoms with Crippen LogP contribution in [0.25, 0.3) is 0 Å². The number of hydrogen-bond donors (Lipinski definition) is 1. The van der Waals surface area contributed by atoms with E-state index in [0.29, 0.717) is 0 Å². The van der Waals surface area contributed by atoms with Crippen LogP contribution in [0.3, 0.4) is 0 Å². The van der Waals surface area contributed by atoms with Crippen LogP contribution in [0.2, 0.25) is 0 Å². The second-order valence-corrected chi connectivity index (χ2v) is 5.30. The first-order valence-corrected chi connectivity index (χ1v) is 6.25. The predicted molar refractivity (Wildman–Crippen MR) is 58.5 cm³/mol. The molecule has 1 rings (SSSR count). The van der Waals surface area contributed by atoms with Gasteiger partial charge < -0.3 is 5.32 Å². The van der Waals surface area contributed by atoms with Crippen LogP contribution in [0.15, 0.2) is 29.2 Å². The predicted octanol–water partition coefficient (Wildman–Crippen LogP) is 1.83. The highest BCUT2D eigenvalue weighted by molar-refractivity contribution is 7.92. The third kappa shape index (κ3) is 3.45. The SMILES string of the molecule is N#CCC(=O)Nc1ccc(S(=O)(=O)C(F)(F)F)cc1. The molecule has 0 aromatic heterocycles. The molecular weight excluding hydrogens is 285 g/mol. The Morgan fingerprint density at radius 1 is 1.26 bits per heavy atom. The number of carbonyl (C=O) groups is 1. The number of alkyl halides is 3. The van der Waals surface area contributed by atoms with E-state index in [1.54, 1.807) is 6.07 Å². The Bertz CT molecular complexity index is 615. The molecule has 0 saturated carbocycles. The van der Waals surface area contributed by atoms with Crippen molar-refractivity contribution in [2.45, 2.75) is 16.8 Å². The van der Waals surface area contributed by atoms with E-state index in [1.165, 1.54) is 0 Å². The van der Waals surface area contributed by atoms with Gasteiger partial charge >= 0.3 is 5.51 Å². The van der Waals surface area contributed by atoms with Gasteiger partial charge in [0.1, 0.15) is 6.42 Å². The van der Waals surface area contributed by atoms with Gasteiger partial charge in [0.05, 0.1) is 11.0 Å². The monoisotopic (exact) mass is 292 g/mol. The highest BCUT2D eigenvalue weighted by atomic mass is 32.2. The third-order valence-corrected chi connectivity index (χ3v) is 3.49. The van der Waals surface area contributed by atoms with Gasteiger partial charge in [-0.05, 0) is 24.3 Å². The Hall–Kier alpha value is -2.08. The van der Waals surface area contributed by atoms with E-state index in [1.807, 2.05) is 0 Å². The quantitative estimate of drug-likeness (QED) is 0.920. The highest BCUT2D eigenvalue weighted by Crippen LogP contribution is 2.30. The van der Waals surface area contributed by atoms with Gasteiger partial charge in [-0.2, -0.15) is 18.4 Å². The number of carbonyl (C=O) groups excluding carboxylic acids is 1. The van der Waals surface area contributed by atoms with Gasteiger partial charge in [-0.15, -0.1) is 0 Å². The molecule has 0 radical (unpaired) electrons. The lowest BCUT2D eigenvalue weighted by molar-refractivity contribution is -0.115. The molecule has 0 aliphatic carbocycles. The minimum absolute atomic E-state index is 0.0985. The van der Waals surface area contributed by atoms with Crippen LogP contribution in [0, 0.1) is 11.3 Å². The van der Waals surface area contributed by atoms with Crippen LogP contribution >= 0.6 is 0 Å². The highest BCUT2D eigenvalue weighted by Gasteiger charge is 2.46. The van der Waals surface area contributed by atoms with Gasteiger partial charge in [-0.3, -0.25) is 4.79 Å². The molecule has 0 unspecified atom stereocenters. The number of halogens is 3. The Morgan fingerprint density at radius 2 is 1.79 bits per heavy atom. The van der Waals surface area contributed by atoms with Crippen molar-refractivity contribution >= 4 is 21.4 Å². The zero-order chi connectivity index (χ0) is 14.7. The first kappa shape index (κ1) is 15.0. The largest absolute Gasteiger partial charge is 0.501 e. The maximum atomic E-state index is 12.2. The van der Waals surface area contributed by atoms with Crippen molar-refractivity contribution < 1.29 is 26.4 Å². The number of sulfone groups is 1. The van der Waals surface area contributed by atoms with Crippen molar-refractivity contribution in [3.05, 3.63) is 24.3 Å². The molecule has 0 spiro atoms. The Balaban J connectivity index is 2.96. The van der Waals surface area contributed by atoms with E-state index in [-0.39, 0.29) is 5.69 Å². The van der Waals surface area contributed by atoms with Crippen LogP contribution in [0.4, 0.5) is 18.9 Å². The molecule has 1 aromatic rings. The average Bonchev–Trinajstić information content (AvgIpc) is 2.28. The zero-order valence-corrected chi connectivity index (χ0v) is 10.0. The summed E-state index contributed by atoms with van der Waals surface area (Å²) >= 11 is 0. The summed E-state index contributed by atoms with van der Waals surface area (Å²) in [7, 11) is -5.40. The van der Waals surface area contributed by atoms with E-state index >= 15 is 0 Å². The van der Waals surface area contributed by atoms with Crippen molar-refractivity contribution in [3.63, 3.8) is 0 Å². The van der Waals surface area contributed by atoms with Crippen LogP contribution < -0.4 is 5.32 Å². The Morgan fingerprint density at radius 3 is 2.21 bits per heavy atom. The van der Waals surface area contributed by atoms with Gasteiger partial charge in [-0.1, -0.05) is 0 Å². The Labute approximate surface area is 106 Å². The van der Waals surface area contributed by atoms with Crippen molar-refractivity contribution in [2.75, 3.05) is 5.32 Å². The molecular formula is C10H7F3N2O3S. The lowest BCUT2D eigenvalue weighted by Crippen LogP contribution is -2.23. The number of hydrogen-bond acceptors (Lipinski definition) is 4. The molecule has 0 fully saturated rings. The molecule has 0 heterocycles. The lowest BCUT2D eigenvalue weighted by atomic mass is 10.3. The number of anilines is 1. The summed E-state index contributed by atoms with van der Waals surface area (Å²) in [4.78, 5) is 10.1. The van der Waals surface area contributed by atoms with E-state index < -0.39 is 32.6 Å².